The first-order valence-electron chi connectivity index (χ1n) is 7.12. The highest BCUT2D eigenvalue weighted by atomic mass is 32.2. The first-order chi connectivity index (χ1) is 10.2. The molecule has 0 amide bonds. The van der Waals surface area contributed by atoms with Gasteiger partial charge in [-0.25, -0.2) is 4.98 Å². The van der Waals surface area contributed by atoms with Gasteiger partial charge in [-0.05, 0) is 17.5 Å². The van der Waals surface area contributed by atoms with Crippen molar-refractivity contribution in [3.63, 3.8) is 0 Å². The smallest absolute Gasteiger partial charge is 0.319 e. The van der Waals surface area contributed by atoms with Gasteiger partial charge in [0.25, 0.3) is 0 Å². The zero-order chi connectivity index (χ0) is 14.8. The van der Waals surface area contributed by atoms with Crippen LogP contribution in [0.25, 0.3) is 5.69 Å². The minimum Gasteiger partial charge on any atom is -0.465 e. The van der Waals surface area contributed by atoms with E-state index in [1.54, 1.807) is 6.20 Å². The number of imidazole rings is 1. The summed E-state index contributed by atoms with van der Waals surface area (Å²) in [5.74, 6) is 0.296. The van der Waals surface area contributed by atoms with Crippen LogP contribution < -0.4 is 0 Å². The van der Waals surface area contributed by atoms with Crippen molar-refractivity contribution in [2.45, 2.75) is 36.6 Å². The second-order valence-corrected chi connectivity index (χ2v) is 6.53. The van der Waals surface area contributed by atoms with E-state index in [1.807, 2.05) is 12.3 Å². The number of benzene rings is 1. The lowest BCUT2D eigenvalue weighted by atomic mass is 10.0. The zero-order valence-electron chi connectivity index (χ0n) is 12.2. The Hall–Kier alpha value is -1.75. The Morgan fingerprint density at radius 2 is 2.19 bits per heavy atom. The molecule has 110 valence electrons. The Morgan fingerprint density at radius 3 is 2.90 bits per heavy atom. The lowest BCUT2D eigenvalue weighted by Gasteiger charge is -2.15. The van der Waals surface area contributed by atoms with Gasteiger partial charge in [0.05, 0.1) is 12.3 Å². The molecule has 1 aromatic carbocycles. The van der Waals surface area contributed by atoms with E-state index in [9.17, 15) is 4.79 Å². The van der Waals surface area contributed by atoms with Crippen molar-refractivity contribution in [1.29, 1.82) is 0 Å². The van der Waals surface area contributed by atoms with Crippen LogP contribution in [0.3, 0.4) is 0 Å². The molecule has 3 rings (SSSR count). The lowest BCUT2D eigenvalue weighted by Crippen LogP contribution is -2.11. The summed E-state index contributed by atoms with van der Waals surface area (Å²) in [6, 6.07) is 8.31. The van der Waals surface area contributed by atoms with Gasteiger partial charge in [0.15, 0.2) is 5.16 Å². The quantitative estimate of drug-likeness (QED) is 0.812. The summed E-state index contributed by atoms with van der Waals surface area (Å²) in [4.78, 5) is 16.1. The van der Waals surface area contributed by atoms with Gasteiger partial charge in [0.1, 0.15) is 5.25 Å². The topological polar surface area (TPSA) is 44.1 Å². The fourth-order valence-electron chi connectivity index (χ4n) is 2.47. The molecule has 2 heterocycles. The van der Waals surface area contributed by atoms with E-state index in [1.165, 1.54) is 17.3 Å². The molecule has 1 atom stereocenters. The summed E-state index contributed by atoms with van der Waals surface area (Å²) in [5, 5.41) is 0.698. The van der Waals surface area contributed by atoms with Crippen molar-refractivity contribution in [2.24, 2.45) is 0 Å². The van der Waals surface area contributed by atoms with Gasteiger partial charge in [-0.3, -0.25) is 9.36 Å². The van der Waals surface area contributed by atoms with Crippen LogP contribution in [-0.2, 0) is 9.53 Å². The SMILES string of the molecule is CC(C)c1ccccc1-n1ccnc1S[C@@H]1CCOC1=O. The molecule has 0 unspecified atom stereocenters. The molecule has 2 aromatic rings. The summed E-state index contributed by atoms with van der Waals surface area (Å²) in [6.07, 6.45) is 4.48. The van der Waals surface area contributed by atoms with Crippen LogP contribution in [0.1, 0.15) is 31.7 Å². The third kappa shape index (κ3) is 2.83. The van der Waals surface area contributed by atoms with Crippen molar-refractivity contribution >= 4 is 17.7 Å². The summed E-state index contributed by atoms with van der Waals surface area (Å²) < 4.78 is 7.09. The Balaban J connectivity index is 1.94. The minimum absolute atomic E-state index is 0.133. The average Bonchev–Trinajstić information content (AvgIpc) is 3.09. The van der Waals surface area contributed by atoms with Crippen LogP contribution in [0.5, 0.6) is 0 Å². The number of esters is 1. The number of aromatic nitrogens is 2. The molecule has 4 nitrogen and oxygen atoms in total. The Morgan fingerprint density at radius 1 is 1.38 bits per heavy atom. The van der Waals surface area contributed by atoms with Gasteiger partial charge in [-0.2, -0.15) is 0 Å². The predicted octanol–water partition coefficient (Wildman–Crippen LogP) is 3.40. The molecule has 1 aromatic heterocycles. The number of cyclic esters (lactones) is 1. The highest BCUT2D eigenvalue weighted by Crippen LogP contribution is 2.32. The van der Waals surface area contributed by atoms with Crippen molar-refractivity contribution in [3.05, 3.63) is 42.2 Å². The Labute approximate surface area is 128 Å². The van der Waals surface area contributed by atoms with Gasteiger partial charge in [0.2, 0.25) is 0 Å². The standard InChI is InChI=1S/C16H18N2O2S/c1-11(2)12-5-3-4-6-13(12)18-9-8-17-16(18)21-14-7-10-20-15(14)19/h3-6,8-9,11,14H,7,10H2,1-2H3/t14-/m1/s1. The Kier molecular flexibility index (Phi) is 4.01. The summed E-state index contributed by atoms with van der Waals surface area (Å²) in [7, 11) is 0. The van der Waals surface area contributed by atoms with Crippen LogP contribution in [-0.4, -0.2) is 27.4 Å². The molecule has 0 aliphatic carbocycles. The molecule has 1 fully saturated rings. The van der Waals surface area contributed by atoms with Crippen molar-refractivity contribution in [2.75, 3.05) is 6.61 Å². The fourth-order valence-corrected chi connectivity index (χ4v) is 3.49. The van der Waals surface area contributed by atoms with Crippen LogP contribution >= 0.6 is 11.8 Å². The van der Waals surface area contributed by atoms with Gasteiger partial charge < -0.3 is 4.74 Å². The number of nitrogens with zero attached hydrogens (tertiary/aromatic N) is 2. The molecule has 0 saturated carbocycles. The molecule has 1 saturated heterocycles. The lowest BCUT2D eigenvalue weighted by molar-refractivity contribution is -0.137. The molecule has 1 aliphatic rings. The molecule has 0 radical (unpaired) electrons. The van der Waals surface area contributed by atoms with E-state index < -0.39 is 0 Å². The van der Waals surface area contributed by atoms with Crippen LogP contribution in [0, 0.1) is 0 Å². The van der Waals surface area contributed by atoms with E-state index in [2.05, 4.69) is 41.6 Å². The average molecular weight is 302 g/mol. The number of hydrogen-bond donors (Lipinski definition) is 0. The Bertz CT molecular complexity index is 651. The maximum absolute atomic E-state index is 11.6. The van der Waals surface area contributed by atoms with Crippen LogP contribution in [0.4, 0.5) is 0 Å². The van der Waals surface area contributed by atoms with E-state index in [0.717, 1.165) is 17.3 Å². The minimum atomic E-state index is -0.141. The second kappa shape index (κ2) is 5.93. The molecular formula is C16H18N2O2S. The number of ether oxygens (including phenoxy) is 1. The summed E-state index contributed by atoms with van der Waals surface area (Å²) in [6.45, 7) is 4.87. The number of carbonyl (C=O) groups is 1. The third-order valence-electron chi connectivity index (χ3n) is 3.56. The molecule has 0 N–H and O–H groups in total. The van der Waals surface area contributed by atoms with Crippen molar-refractivity contribution in [3.8, 4) is 5.69 Å². The van der Waals surface area contributed by atoms with E-state index in [-0.39, 0.29) is 11.2 Å². The monoisotopic (exact) mass is 302 g/mol. The molecule has 5 heteroatoms. The van der Waals surface area contributed by atoms with Crippen molar-refractivity contribution in [1.82, 2.24) is 9.55 Å². The summed E-state index contributed by atoms with van der Waals surface area (Å²) >= 11 is 1.49. The number of rotatable bonds is 4. The number of thioether (sulfide) groups is 1. The molecule has 0 bridgehead atoms. The van der Waals surface area contributed by atoms with Crippen LogP contribution in [0.2, 0.25) is 0 Å². The second-order valence-electron chi connectivity index (χ2n) is 5.36. The molecule has 21 heavy (non-hydrogen) atoms. The molecule has 0 spiro atoms. The van der Waals surface area contributed by atoms with Gasteiger partial charge >= 0.3 is 5.97 Å². The van der Waals surface area contributed by atoms with E-state index >= 15 is 0 Å². The third-order valence-corrected chi connectivity index (χ3v) is 4.79. The number of carbonyl (C=O) groups excluding carboxylic acids is 1. The van der Waals surface area contributed by atoms with Gasteiger partial charge in [-0.1, -0.05) is 43.8 Å². The fraction of sp³-hybridized carbons (Fsp3) is 0.375. The maximum Gasteiger partial charge on any atom is 0.319 e. The van der Waals surface area contributed by atoms with E-state index in [0.29, 0.717) is 12.5 Å². The first-order valence-corrected chi connectivity index (χ1v) is 8.00. The number of hydrogen-bond acceptors (Lipinski definition) is 4. The van der Waals surface area contributed by atoms with Crippen LogP contribution in [0.15, 0.2) is 41.8 Å². The highest BCUT2D eigenvalue weighted by Gasteiger charge is 2.29. The van der Waals surface area contributed by atoms with Gasteiger partial charge in [-0.15, -0.1) is 0 Å². The zero-order valence-corrected chi connectivity index (χ0v) is 13.0. The largest absolute Gasteiger partial charge is 0.465 e. The number of para-hydroxylation sites is 1. The maximum atomic E-state index is 11.6. The normalized spacial score (nSPS) is 18.2. The van der Waals surface area contributed by atoms with Gasteiger partial charge in [0, 0.05) is 18.8 Å². The summed E-state index contributed by atoms with van der Waals surface area (Å²) in [5.41, 5.74) is 2.39. The van der Waals surface area contributed by atoms with Crippen molar-refractivity contribution < 1.29 is 9.53 Å². The highest BCUT2D eigenvalue weighted by molar-refractivity contribution is 8.00. The molecule has 1 aliphatic heterocycles. The van der Waals surface area contributed by atoms with E-state index in [4.69, 9.17) is 4.74 Å². The first kappa shape index (κ1) is 14.2. The predicted molar refractivity (Wildman–Crippen MR) is 82.9 cm³/mol. The molecular weight excluding hydrogens is 284 g/mol.